The second-order valence-electron chi connectivity index (χ2n) is 9.60. The molecule has 2 radical (unpaired) electrons. The van der Waals surface area contributed by atoms with E-state index in [-0.39, 0.29) is 0 Å². The van der Waals surface area contributed by atoms with Gasteiger partial charge in [-0.2, -0.15) is 35.5 Å². The van der Waals surface area contributed by atoms with Crippen molar-refractivity contribution in [1.82, 2.24) is 0 Å². The molecular formula is C36H28Cl2SiZr. The number of hydrogen-bond donors (Lipinski definition) is 0. The summed E-state index contributed by atoms with van der Waals surface area (Å²) < 4.78 is 0. The Morgan fingerprint density at radius 3 is 2.20 bits per heavy atom. The number of rotatable bonds is 3. The van der Waals surface area contributed by atoms with E-state index in [1.807, 2.05) is 6.07 Å². The van der Waals surface area contributed by atoms with E-state index in [9.17, 15) is 0 Å². The number of fused-ring (bicyclic) bond motifs is 4. The largest absolute Gasteiger partial charge is 0.184 e. The molecule has 0 nitrogen and oxygen atoms in total. The zero-order valence-corrected chi connectivity index (χ0v) is 27.5. The standard InChI is InChI=1S/C24H21.C12H7Si.2ClH.Zr/c1-3-18-9-7-8-12-21(18)24-22(19-10-5-4-6-11-19)14-13-20-15-17(2)16-23(20)24;1-3-7-11-9(5-1)10-6-2-4-8-12(10)13-11;;;/h4-16H,3H2,1-2H3;1-7H;2*1H;/q2*-1;;;+4/p-2. The summed E-state index contributed by atoms with van der Waals surface area (Å²) in [5.74, 6) is 0. The third-order valence-corrected chi connectivity index (χ3v) is 8.49. The van der Waals surface area contributed by atoms with Gasteiger partial charge >= 0.3 is 37.9 Å². The van der Waals surface area contributed by atoms with Gasteiger partial charge in [0.2, 0.25) is 0 Å². The molecule has 1 aliphatic rings. The second-order valence-corrected chi connectivity index (χ2v) is 14.6. The molecule has 0 saturated heterocycles. The molecular weight excluding hydrogens is 623 g/mol. The molecule has 6 aromatic carbocycles. The van der Waals surface area contributed by atoms with Gasteiger partial charge in [0, 0.05) is 0 Å². The molecule has 0 atom stereocenters. The van der Waals surface area contributed by atoms with E-state index in [2.05, 4.69) is 135 Å². The first kappa shape index (κ1) is 28.9. The molecule has 0 saturated carbocycles. The minimum atomic E-state index is -0.826. The van der Waals surface area contributed by atoms with E-state index >= 15 is 0 Å². The molecule has 0 unspecified atom stereocenters. The van der Waals surface area contributed by atoms with Crippen LogP contribution in [-0.4, -0.2) is 9.52 Å². The van der Waals surface area contributed by atoms with Crippen LogP contribution in [0, 0.1) is 13.0 Å². The van der Waals surface area contributed by atoms with Crippen LogP contribution in [0.3, 0.4) is 0 Å². The summed E-state index contributed by atoms with van der Waals surface area (Å²) in [6.45, 7) is 4.41. The van der Waals surface area contributed by atoms with Crippen molar-refractivity contribution in [2.24, 2.45) is 0 Å². The van der Waals surface area contributed by atoms with E-state index in [0.29, 0.717) is 0 Å². The summed E-state index contributed by atoms with van der Waals surface area (Å²) in [4.78, 5) is 0. The zero-order chi connectivity index (χ0) is 27.9. The quantitative estimate of drug-likeness (QED) is 0.132. The van der Waals surface area contributed by atoms with Crippen LogP contribution in [-0.2, 0) is 27.3 Å². The summed E-state index contributed by atoms with van der Waals surface area (Å²) in [6, 6.07) is 46.8. The molecule has 6 aromatic rings. The third-order valence-electron chi connectivity index (χ3n) is 7.12. The van der Waals surface area contributed by atoms with Crippen LogP contribution >= 0.6 is 17.0 Å². The SMILES string of the molecule is CCc1ccccc1-c1c(-c2ccccc2)ccc2[cH-]c(C)cc12.[Cl][Zr+2][Cl].[c-]1cccc2c1[Si]c1ccccc1-2. The molecule has 7 rings (SSSR count). The predicted octanol–water partition coefficient (Wildman–Crippen LogP) is 9.26. The Kier molecular flexibility index (Phi) is 10.00. The fourth-order valence-electron chi connectivity index (χ4n) is 5.38. The number of hydrogen-bond acceptors (Lipinski definition) is 0. The molecule has 0 aromatic heterocycles. The van der Waals surface area contributed by atoms with Gasteiger partial charge in [-0.15, -0.1) is 34.0 Å². The van der Waals surface area contributed by atoms with Crippen molar-refractivity contribution in [2.75, 3.05) is 0 Å². The first-order chi connectivity index (χ1) is 19.6. The van der Waals surface area contributed by atoms with Gasteiger partial charge in [-0.25, -0.2) is 0 Å². The fraction of sp³-hybridized carbons (Fsp3) is 0.0833. The van der Waals surface area contributed by atoms with Crippen LogP contribution in [0.4, 0.5) is 0 Å². The minimum Gasteiger partial charge on any atom is -0.184 e. The van der Waals surface area contributed by atoms with Crippen molar-refractivity contribution in [3.8, 4) is 33.4 Å². The van der Waals surface area contributed by atoms with Gasteiger partial charge in [0.25, 0.3) is 0 Å². The van der Waals surface area contributed by atoms with Crippen molar-refractivity contribution < 1.29 is 20.8 Å². The zero-order valence-electron chi connectivity index (χ0n) is 22.5. The predicted molar refractivity (Wildman–Crippen MR) is 172 cm³/mol. The van der Waals surface area contributed by atoms with Crippen LogP contribution in [0.15, 0.2) is 121 Å². The summed E-state index contributed by atoms with van der Waals surface area (Å²) >= 11 is -0.826. The molecule has 0 aliphatic carbocycles. The number of halogens is 2. The van der Waals surface area contributed by atoms with E-state index in [1.165, 1.54) is 65.7 Å². The first-order valence-corrected chi connectivity index (χ1v) is 20.6. The van der Waals surface area contributed by atoms with Gasteiger partial charge in [-0.1, -0.05) is 115 Å². The normalized spacial score (nSPS) is 10.9. The first-order valence-electron chi connectivity index (χ1n) is 13.3. The van der Waals surface area contributed by atoms with Crippen molar-refractivity contribution in [2.45, 2.75) is 20.3 Å². The fourth-order valence-corrected chi connectivity index (χ4v) is 6.69. The molecule has 1 heterocycles. The van der Waals surface area contributed by atoms with Crippen molar-refractivity contribution in [3.63, 3.8) is 0 Å². The van der Waals surface area contributed by atoms with Crippen molar-refractivity contribution in [1.29, 1.82) is 0 Å². The van der Waals surface area contributed by atoms with E-state index in [1.54, 1.807) is 0 Å². The Balaban J connectivity index is 0.000000168. The van der Waals surface area contributed by atoms with Crippen LogP contribution in [0.2, 0.25) is 0 Å². The van der Waals surface area contributed by atoms with Gasteiger partial charge in [0.05, 0.1) is 9.52 Å². The Bertz CT molecular complexity index is 1680. The minimum absolute atomic E-state index is 0.795. The Morgan fingerprint density at radius 2 is 1.43 bits per heavy atom. The maximum atomic E-state index is 4.93. The number of aryl methyl sites for hydroxylation is 2. The molecule has 0 spiro atoms. The topological polar surface area (TPSA) is 0 Å². The van der Waals surface area contributed by atoms with Gasteiger partial charge in [-0.05, 0) is 28.7 Å². The summed E-state index contributed by atoms with van der Waals surface area (Å²) in [5.41, 5.74) is 10.8. The van der Waals surface area contributed by atoms with E-state index in [0.717, 1.165) is 15.9 Å². The molecule has 194 valence electrons. The third kappa shape index (κ3) is 6.32. The number of benzene rings is 5. The monoisotopic (exact) mass is 648 g/mol. The van der Waals surface area contributed by atoms with Crippen LogP contribution < -0.4 is 10.4 Å². The molecule has 0 amide bonds. The second kappa shape index (κ2) is 13.8. The average Bonchev–Trinajstić information content (AvgIpc) is 3.57. The maximum absolute atomic E-state index is 4.93. The van der Waals surface area contributed by atoms with Gasteiger partial charge in [0.15, 0.2) is 0 Å². The van der Waals surface area contributed by atoms with Gasteiger partial charge in [0.1, 0.15) is 0 Å². The average molecular weight is 651 g/mol. The smallest absolute Gasteiger partial charge is 0.0920 e. The van der Waals surface area contributed by atoms with E-state index < -0.39 is 20.8 Å². The van der Waals surface area contributed by atoms with Crippen LogP contribution in [0.5, 0.6) is 0 Å². The van der Waals surface area contributed by atoms with Crippen molar-refractivity contribution >= 4 is 47.7 Å². The van der Waals surface area contributed by atoms with Crippen molar-refractivity contribution in [3.05, 3.63) is 139 Å². The molecule has 4 heteroatoms. The summed E-state index contributed by atoms with van der Waals surface area (Å²) in [7, 11) is 10.7. The Labute approximate surface area is 258 Å². The van der Waals surface area contributed by atoms with Crippen LogP contribution in [0.1, 0.15) is 18.1 Å². The molecule has 40 heavy (non-hydrogen) atoms. The summed E-state index contributed by atoms with van der Waals surface area (Å²) in [6.07, 6.45) is 1.04. The van der Waals surface area contributed by atoms with E-state index in [4.69, 9.17) is 17.0 Å². The molecule has 1 aliphatic heterocycles. The van der Waals surface area contributed by atoms with Gasteiger partial charge in [-0.3, -0.25) is 0 Å². The molecule has 0 bridgehead atoms. The maximum Gasteiger partial charge on any atom is 0.0920 e. The van der Waals surface area contributed by atoms with Gasteiger partial charge < -0.3 is 0 Å². The molecule has 0 N–H and O–H groups in total. The molecule has 0 fully saturated rings. The van der Waals surface area contributed by atoms with Crippen LogP contribution in [0.25, 0.3) is 44.2 Å². The summed E-state index contributed by atoms with van der Waals surface area (Å²) in [5, 5.41) is 5.51. The Hall–Kier alpha value is -2.61. The Morgan fingerprint density at radius 1 is 0.750 bits per heavy atom.